The van der Waals surface area contributed by atoms with E-state index < -0.39 is 0 Å². The monoisotopic (exact) mass is 343 g/mol. The van der Waals surface area contributed by atoms with Gasteiger partial charge in [-0.1, -0.05) is 6.07 Å². The van der Waals surface area contributed by atoms with Crippen LogP contribution in [0.4, 0.5) is 0 Å². The number of carbonyl (C=O) groups is 1. The van der Waals surface area contributed by atoms with Gasteiger partial charge in [0.1, 0.15) is 6.54 Å². The maximum atomic E-state index is 12.4. The van der Waals surface area contributed by atoms with Gasteiger partial charge < -0.3 is 9.32 Å². The fraction of sp³-hybridized carbons (Fsp3) is 0.375. The van der Waals surface area contributed by atoms with Crippen LogP contribution in [0, 0.1) is 0 Å². The predicted molar refractivity (Wildman–Crippen MR) is 88.4 cm³/mol. The molecule has 0 bridgehead atoms. The van der Waals surface area contributed by atoms with Crippen LogP contribution in [0.25, 0.3) is 10.8 Å². The summed E-state index contributed by atoms with van der Waals surface area (Å²) in [4.78, 5) is 15.3. The van der Waals surface area contributed by atoms with Crippen molar-refractivity contribution in [2.75, 3.05) is 13.1 Å². The SMILES string of the molecule is O=C(Cn1cccn1)N1CCCC(c2nnc(-c3cccs3)o2)C1. The van der Waals surface area contributed by atoms with Crippen LogP contribution in [0.15, 0.2) is 40.4 Å². The highest BCUT2D eigenvalue weighted by Gasteiger charge is 2.28. The van der Waals surface area contributed by atoms with E-state index in [1.807, 2.05) is 28.5 Å². The highest BCUT2D eigenvalue weighted by atomic mass is 32.1. The standard InChI is InChI=1S/C16H17N5O2S/c22-14(11-21-8-3-6-17-21)20-7-1-4-12(10-20)15-18-19-16(23-15)13-5-2-9-24-13/h2-3,5-6,8-9,12H,1,4,7,10-11H2. The molecule has 1 unspecified atom stereocenters. The molecule has 0 spiro atoms. The molecule has 124 valence electrons. The first-order chi connectivity index (χ1) is 11.8. The zero-order chi connectivity index (χ0) is 16.4. The van der Waals surface area contributed by atoms with Crippen molar-refractivity contribution in [1.29, 1.82) is 0 Å². The molecule has 0 N–H and O–H groups in total. The van der Waals surface area contributed by atoms with Gasteiger partial charge in [-0.05, 0) is 30.4 Å². The normalized spacial score (nSPS) is 18.0. The second-order valence-corrected chi connectivity index (χ2v) is 6.75. The molecule has 0 saturated carbocycles. The molecular weight excluding hydrogens is 326 g/mol. The van der Waals surface area contributed by atoms with Crippen molar-refractivity contribution in [3.63, 3.8) is 0 Å². The zero-order valence-electron chi connectivity index (χ0n) is 13.0. The van der Waals surface area contributed by atoms with Crippen molar-refractivity contribution >= 4 is 17.2 Å². The summed E-state index contributed by atoms with van der Waals surface area (Å²) in [5.41, 5.74) is 0. The Kier molecular flexibility index (Phi) is 4.12. The molecular formula is C16H17N5O2S. The Morgan fingerprint density at radius 3 is 3.12 bits per heavy atom. The minimum atomic E-state index is 0.0707. The summed E-state index contributed by atoms with van der Waals surface area (Å²) < 4.78 is 7.48. The number of aromatic nitrogens is 4. The molecule has 1 fully saturated rings. The summed E-state index contributed by atoms with van der Waals surface area (Å²) in [6.07, 6.45) is 5.37. The number of rotatable bonds is 4. The molecule has 1 atom stereocenters. The molecule has 4 rings (SSSR count). The maximum absolute atomic E-state index is 12.4. The van der Waals surface area contributed by atoms with E-state index in [1.54, 1.807) is 28.4 Å². The third-order valence-electron chi connectivity index (χ3n) is 4.15. The number of piperidine rings is 1. The van der Waals surface area contributed by atoms with Crippen molar-refractivity contribution in [2.24, 2.45) is 0 Å². The molecule has 24 heavy (non-hydrogen) atoms. The first-order valence-electron chi connectivity index (χ1n) is 7.92. The molecule has 7 nitrogen and oxygen atoms in total. The van der Waals surface area contributed by atoms with Crippen LogP contribution in [-0.2, 0) is 11.3 Å². The molecule has 3 aromatic heterocycles. The number of nitrogens with zero attached hydrogens (tertiary/aromatic N) is 5. The lowest BCUT2D eigenvalue weighted by Crippen LogP contribution is -2.41. The quantitative estimate of drug-likeness (QED) is 0.727. The summed E-state index contributed by atoms with van der Waals surface area (Å²) in [6, 6.07) is 5.74. The van der Waals surface area contributed by atoms with Crippen molar-refractivity contribution in [3.8, 4) is 10.8 Å². The number of likely N-dealkylation sites (tertiary alicyclic amines) is 1. The number of carbonyl (C=O) groups excluding carboxylic acids is 1. The Morgan fingerprint density at radius 2 is 2.33 bits per heavy atom. The number of thiophene rings is 1. The molecule has 0 radical (unpaired) electrons. The summed E-state index contributed by atoms with van der Waals surface area (Å²) in [5, 5.41) is 14.4. The number of hydrogen-bond donors (Lipinski definition) is 0. The van der Waals surface area contributed by atoms with Gasteiger partial charge in [0.25, 0.3) is 5.89 Å². The summed E-state index contributed by atoms with van der Waals surface area (Å²) in [5.74, 6) is 1.35. The Balaban J connectivity index is 1.44. The van der Waals surface area contributed by atoms with Crippen molar-refractivity contribution in [3.05, 3.63) is 41.9 Å². The molecule has 0 aromatic carbocycles. The van der Waals surface area contributed by atoms with Gasteiger partial charge in [0, 0.05) is 25.5 Å². The van der Waals surface area contributed by atoms with Gasteiger partial charge in [0.05, 0.1) is 10.8 Å². The van der Waals surface area contributed by atoms with Gasteiger partial charge in [0.2, 0.25) is 11.8 Å². The second-order valence-electron chi connectivity index (χ2n) is 5.81. The van der Waals surface area contributed by atoms with Crippen LogP contribution in [0.1, 0.15) is 24.7 Å². The van der Waals surface area contributed by atoms with Gasteiger partial charge in [-0.2, -0.15) is 5.10 Å². The lowest BCUT2D eigenvalue weighted by atomic mass is 9.98. The molecule has 4 heterocycles. The van der Waals surface area contributed by atoms with Gasteiger partial charge in [-0.3, -0.25) is 9.48 Å². The topological polar surface area (TPSA) is 77.1 Å². The van der Waals surface area contributed by atoms with Crippen LogP contribution in [0.3, 0.4) is 0 Å². The van der Waals surface area contributed by atoms with Gasteiger partial charge in [0.15, 0.2) is 0 Å². The predicted octanol–water partition coefficient (Wildman–Crippen LogP) is 2.40. The average molecular weight is 343 g/mol. The van der Waals surface area contributed by atoms with Gasteiger partial charge >= 0.3 is 0 Å². The summed E-state index contributed by atoms with van der Waals surface area (Å²) in [6.45, 7) is 1.65. The Labute approximate surface area is 142 Å². The molecule has 3 aromatic rings. The first-order valence-corrected chi connectivity index (χ1v) is 8.80. The van der Waals surface area contributed by atoms with Crippen LogP contribution < -0.4 is 0 Å². The highest BCUT2D eigenvalue weighted by Crippen LogP contribution is 2.30. The van der Waals surface area contributed by atoms with E-state index in [2.05, 4.69) is 15.3 Å². The fourth-order valence-electron chi connectivity index (χ4n) is 2.94. The largest absolute Gasteiger partial charge is 0.420 e. The summed E-state index contributed by atoms with van der Waals surface area (Å²) in [7, 11) is 0. The minimum absolute atomic E-state index is 0.0707. The van der Waals surface area contributed by atoms with E-state index in [0.29, 0.717) is 18.3 Å². The lowest BCUT2D eigenvalue weighted by Gasteiger charge is -2.31. The molecule has 1 aliphatic rings. The molecule has 1 saturated heterocycles. The molecule has 1 aliphatic heterocycles. The van der Waals surface area contributed by atoms with Crippen LogP contribution >= 0.6 is 11.3 Å². The van der Waals surface area contributed by atoms with Crippen LogP contribution in [0.2, 0.25) is 0 Å². The van der Waals surface area contributed by atoms with E-state index >= 15 is 0 Å². The third-order valence-corrected chi connectivity index (χ3v) is 5.01. The number of amides is 1. The molecule has 0 aliphatic carbocycles. The van der Waals surface area contributed by atoms with E-state index in [-0.39, 0.29) is 18.4 Å². The van der Waals surface area contributed by atoms with Gasteiger partial charge in [-0.15, -0.1) is 21.5 Å². The molecule has 1 amide bonds. The maximum Gasteiger partial charge on any atom is 0.257 e. The number of hydrogen-bond acceptors (Lipinski definition) is 6. The van der Waals surface area contributed by atoms with Crippen molar-refractivity contribution < 1.29 is 9.21 Å². The van der Waals surface area contributed by atoms with Crippen LogP contribution in [-0.4, -0.2) is 43.9 Å². The van der Waals surface area contributed by atoms with Crippen LogP contribution in [0.5, 0.6) is 0 Å². The highest BCUT2D eigenvalue weighted by molar-refractivity contribution is 7.13. The van der Waals surface area contributed by atoms with Crippen molar-refractivity contribution in [1.82, 2.24) is 24.9 Å². The fourth-order valence-corrected chi connectivity index (χ4v) is 3.58. The van der Waals surface area contributed by atoms with E-state index in [0.717, 1.165) is 24.3 Å². The van der Waals surface area contributed by atoms with E-state index in [9.17, 15) is 4.79 Å². The van der Waals surface area contributed by atoms with Gasteiger partial charge in [-0.25, -0.2) is 0 Å². The van der Waals surface area contributed by atoms with Crippen molar-refractivity contribution in [2.45, 2.75) is 25.3 Å². The molecule has 8 heteroatoms. The van der Waals surface area contributed by atoms with E-state index in [1.165, 1.54) is 0 Å². The Bertz CT molecular complexity index is 796. The Morgan fingerprint density at radius 1 is 1.38 bits per heavy atom. The Hall–Kier alpha value is -2.48. The van der Waals surface area contributed by atoms with E-state index in [4.69, 9.17) is 4.42 Å². The average Bonchev–Trinajstić information content (AvgIpc) is 3.36. The second kappa shape index (κ2) is 6.56. The first kappa shape index (κ1) is 15.1. The smallest absolute Gasteiger partial charge is 0.257 e. The zero-order valence-corrected chi connectivity index (χ0v) is 13.9. The minimum Gasteiger partial charge on any atom is -0.420 e. The third kappa shape index (κ3) is 3.09. The lowest BCUT2D eigenvalue weighted by molar-refractivity contribution is -0.133. The summed E-state index contributed by atoms with van der Waals surface area (Å²) >= 11 is 1.57.